The van der Waals surface area contributed by atoms with Crippen molar-refractivity contribution in [1.82, 2.24) is 14.9 Å². The van der Waals surface area contributed by atoms with Crippen LogP contribution in [0.1, 0.15) is 28.0 Å². The van der Waals surface area contributed by atoms with Gasteiger partial charge in [0.2, 0.25) is 0 Å². The summed E-state index contributed by atoms with van der Waals surface area (Å²) < 4.78 is 23.8. The van der Waals surface area contributed by atoms with E-state index in [4.69, 9.17) is 18.6 Å². The molecule has 1 unspecified atom stereocenters. The average Bonchev–Trinajstić information content (AvgIpc) is 3.42. The molecule has 0 aliphatic heterocycles. The number of aryl methyl sites for hydroxylation is 1. The van der Waals surface area contributed by atoms with Gasteiger partial charge in [0.15, 0.2) is 17.1 Å². The van der Waals surface area contributed by atoms with Gasteiger partial charge in [0.1, 0.15) is 23.4 Å². The number of nitrogens with zero attached hydrogens (tertiary/aromatic N) is 2. The number of hydrogen-bond donors (Lipinski definition) is 1. The zero-order valence-corrected chi connectivity index (χ0v) is 17.7. The molecule has 0 radical (unpaired) electrons. The summed E-state index contributed by atoms with van der Waals surface area (Å²) in [5.41, 5.74) is 1.28. The maximum Gasteiger partial charge on any atom is 0.287 e. The highest BCUT2D eigenvalue weighted by Gasteiger charge is 2.25. The number of amides is 1. The van der Waals surface area contributed by atoms with E-state index in [0.717, 1.165) is 10.9 Å². The Balaban J connectivity index is 1.74. The van der Waals surface area contributed by atoms with Crippen molar-refractivity contribution < 1.29 is 23.4 Å². The fraction of sp³-hybridized carbons (Fsp3) is 0.217. The minimum absolute atomic E-state index is 0.175. The molecule has 1 N–H and O–H groups in total. The Morgan fingerprint density at radius 1 is 1.06 bits per heavy atom. The van der Waals surface area contributed by atoms with Gasteiger partial charge < -0.3 is 28.5 Å². The van der Waals surface area contributed by atoms with E-state index in [9.17, 15) is 4.79 Å². The second-order valence-electron chi connectivity index (χ2n) is 6.94. The zero-order valence-electron chi connectivity index (χ0n) is 17.7. The quantitative estimate of drug-likeness (QED) is 0.489. The topological polar surface area (TPSA) is 87.8 Å². The van der Waals surface area contributed by atoms with E-state index in [0.29, 0.717) is 28.7 Å². The lowest BCUT2D eigenvalue weighted by molar-refractivity contribution is 0.0915. The number of furan rings is 1. The highest BCUT2D eigenvalue weighted by Crippen LogP contribution is 2.31. The number of ether oxygens (including phenoxy) is 3. The summed E-state index contributed by atoms with van der Waals surface area (Å²) in [4.78, 5) is 17.6. The lowest BCUT2D eigenvalue weighted by Crippen LogP contribution is -2.31. The van der Waals surface area contributed by atoms with Crippen molar-refractivity contribution in [3.63, 3.8) is 0 Å². The normalized spacial score (nSPS) is 11.9. The number of hydrogen-bond acceptors (Lipinski definition) is 6. The van der Waals surface area contributed by atoms with Crippen LogP contribution in [0.3, 0.4) is 0 Å². The molecule has 0 saturated carbocycles. The summed E-state index contributed by atoms with van der Waals surface area (Å²) in [6.45, 7) is 0. The highest BCUT2D eigenvalue weighted by molar-refractivity contribution is 5.97. The van der Waals surface area contributed by atoms with Gasteiger partial charge in [0.25, 0.3) is 5.91 Å². The number of aromatic nitrogens is 2. The van der Waals surface area contributed by atoms with E-state index in [1.54, 1.807) is 45.7 Å². The molecule has 4 aromatic rings. The Morgan fingerprint density at radius 2 is 1.81 bits per heavy atom. The van der Waals surface area contributed by atoms with Crippen molar-refractivity contribution in [2.24, 2.45) is 7.05 Å². The molecule has 0 saturated heterocycles. The monoisotopic (exact) mass is 421 g/mol. The summed E-state index contributed by atoms with van der Waals surface area (Å²) >= 11 is 0. The van der Waals surface area contributed by atoms with Crippen LogP contribution < -0.4 is 19.5 Å². The minimum Gasteiger partial charge on any atom is -0.497 e. The molecule has 0 bridgehead atoms. The maximum absolute atomic E-state index is 13.2. The molecule has 0 fully saturated rings. The van der Waals surface area contributed by atoms with Crippen molar-refractivity contribution in [2.75, 3.05) is 21.3 Å². The Morgan fingerprint density at radius 3 is 2.42 bits per heavy atom. The first-order chi connectivity index (χ1) is 15.0. The summed E-state index contributed by atoms with van der Waals surface area (Å²) in [7, 11) is 6.58. The maximum atomic E-state index is 13.2. The van der Waals surface area contributed by atoms with Crippen LogP contribution in [0.25, 0.3) is 11.0 Å². The predicted octanol–water partition coefficient (Wildman–Crippen LogP) is 3.71. The molecule has 2 aromatic carbocycles. The van der Waals surface area contributed by atoms with Crippen molar-refractivity contribution in [3.8, 4) is 17.2 Å². The molecular weight excluding hydrogens is 398 g/mol. The lowest BCUT2D eigenvalue weighted by Gasteiger charge is -2.20. The fourth-order valence-corrected chi connectivity index (χ4v) is 3.46. The third kappa shape index (κ3) is 3.92. The van der Waals surface area contributed by atoms with E-state index >= 15 is 0 Å². The third-order valence-corrected chi connectivity index (χ3v) is 5.05. The molecule has 2 aromatic heterocycles. The van der Waals surface area contributed by atoms with Crippen LogP contribution in [-0.4, -0.2) is 36.8 Å². The molecule has 1 amide bonds. The van der Waals surface area contributed by atoms with Crippen LogP contribution in [0.2, 0.25) is 0 Å². The number of nitrogens with one attached hydrogen (secondary N) is 1. The number of para-hydroxylation sites is 1. The summed E-state index contributed by atoms with van der Waals surface area (Å²) in [6, 6.07) is 12.1. The number of imidazole rings is 1. The van der Waals surface area contributed by atoms with Gasteiger partial charge in [-0.2, -0.15) is 0 Å². The van der Waals surface area contributed by atoms with Gasteiger partial charge in [-0.25, -0.2) is 4.98 Å². The largest absolute Gasteiger partial charge is 0.497 e. The van der Waals surface area contributed by atoms with Crippen LogP contribution in [-0.2, 0) is 7.05 Å². The van der Waals surface area contributed by atoms with E-state index in [1.165, 1.54) is 0 Å². The van der Waals surface area contributed by atoms with Gasteiger partial charge in [-0.05, 0) is 29.8 Å². The molecule has 1 atom stereocenters. The molecule has 2 heterocycles. The summed E-state index contributed by atoms with van der Waals surface area (Å²) in [5.74, 6) is 2.22. The number of benzene rings is 2. The van der Waals surface area contributed by atoms with E-state index in [2.05, 4.69) is 10.3 Å². The SMILES string of the molecule is COc1cc(OC)cc(C(NC(=O)c2cc3cccc(OC)c3o2)c2nccn2C)c1. The fourth-order valence-electron chi connectivity index (χ4n) is 3.46. The van der Waals surface area contributed by atoms with Gasteiger partial charge in [-0.15, -0.1) is 0 Å². The van der Waals surface area contributed by atoms with Crippen LogP contribution in [0.4, 0.5) is 0 Å². The molecule has 8 nitrogen and oxygen atoms in total. The van der Waals surface area contributed by atoms with Crippen molar-refractivity contribution in [2.45, 2.75) is 6.04 Å². The Labute approximate surface area is 179 Å². The highest BCUT2D eigenvalue weighted by atomic mass is 16.5. The van der Waals surface area contributed by atoms with Gasteiger partial charge >= 0.3 is 0 Å². The molecule has 0 spiro atoms. The standard InChI is InChI=1S/C23H23N3O5/c1-26-9-8-24-22(26)20(15-10-16(28-2)13-17(11-15)29-3)25-23(27)19-12-14-6-5-7-18(30-4)21(14)31-19/h5-13,20H,1-4H3,(H,25,27). The van der Waals surface area contributed by atoms with E-state index < -0.39 is 6.04 Å². The molecule has 31 heavy (non-hydrogen) atoms. The number of rotatable bonds is 7. The summed E-state index contributed by atoms with van der Waals surface area (Å²) in [5, 5.41) is 3.80. The molecular formula is C23H23N3O5. The van der Waals surface area contributed by atoms with Crippen LogP contribution >= 0.6 is 0 Å². The van der Waals surface area contributed by atoms with E-state index in [-0.39, 0.29) is 11.7 Å². The zero-order chi connectivity index (χ0) is 22.0. The van der Waals surface area contributed by atoms with Crippen LogP contribution in [0, 0.1) is 0 Å². The molecule has 8 heteroatoms. The van der Waals surface area contributed by atoms with Crippen LogP contribution in [0.15, 0.2) is 59.3 Å². The number of methoxy groups -OCH3 is 3. The van der Waals surface area contributed by atoms with E-state index in [1.807, 2.05) is 42.1 Å². The van der Waals surface area contributed by atoms with Gasteiger partial charge in [0, 0.05) is 30.9 Å². The molecule has 0 aliphatic carbocycles. The van der Waals surface area contributed by atoms with Gasteiger partial charge in [-0.1, -0.05) is 12.1 Å². The van der Waals surface area contributed by atoms with Crippen molar-refractivity contribution in [1.29, 1.82) is 0 Å². The van der Waals surface area contributed by atoms with Crippen LogP contribution in [0.5, 0.6) is 17.2 Å². The summed E-state index contributed by atoms with van der Waals surface area (Å²) in [6.07, 6.45) is 3.50. The Hall–Kier alpha value is -3.94. The van der Waals surface area contributed by atoms with Gasteiger partial charge in [-0.3, -0.25) is 4.79 Å². The smallest absolute Gasteiger partial charge is 0.287 e. The number of fused-ring (bicyclic) bond motifs is 1. The number of carbonyl (C=O) groups is 1. The van der Waals surface area contributed by atoms with Gasteiger partial charge in [0.05, 0.1) is 21.3 Å². The van der Waals surface area contributed by atoms with Crippen molar-refractivity contribution in [3.05, 3.63) is 72.0 Å². The molecule has 0 aliphatic rings. The molecule has 160 valence electrons. The average molecular weight is 421 g/mol. The Bertz CT molecular complexity index is 1200. The van der Waals surface area contributed by atoms with Crippen molar-refractivity contribution >= 4 is 16.9 Å². The third-order valence-electron chi connectivity index (χ3n) is 5.05. The Kier molecular flexibility index (Phi) is 5.53. The lowest BCUT2D eigenvalue weighted by atomic mass is 10.0. The first-order valence-electron chi connectivity index (χ1n) is 9.61. The predicted molar refractivity (Wildman–Crippen MR) is 115 cm³/mol. The second-order valence-corrected chi connectivity index (χ2v) is 6.94. The number of carbonyl (C=O) groups excluding carboxylic acids is 1. The second kappa shape index (κ2) is 8.43. The minimum atomic E-state index is -0.563. The first kappa shape index (κ1) is 20.3. The molecule has 4 rings (SSSR count). The first-order valence-corrected chi connectivity index (χ1v) is 9.61.